The molecule has 1 aromatic carbocycles. The molecule has 26 heavy (non-hydrogen) atoms. The van der Waals surface area contributed by atoms with E-state index in [2.05, 4.69) is 20.7 Å². The van der Waals surface area contributed by atoms with Crippen molar-refractivity contribution in [3.05, 3.63) is 59.0 Å². The van der Waals surface area contributed by atoms with Crippen molar-refractivity contribution in [3.63, 3.8) is 0 Å². The molecule has 9 heteroatoms. The quantitative estimate of drug-likeness (QED) is 0.547. The van der Waals surface area contributed by atoms with Gasteiger partial charge in [-0.3, -0.25) is 15.0 Å². The highest BCUT2D eigenvalue weighted by atomic mass is 35.5. The van der Waals surface area contributed by atoms with Gasteiger partial charge in [0, 0.05) is 29.5 Å². The molecule has 0 bridgehead atoms. The normalized spacial score (nSPS) is 15.8. The topological polar surface area (TPSA) is 91.6 Å². The van der Waals surface area contributed by atoms with Crippen molar-refractivity contribution in [2.24, 2.45) is 0 Å². The molecule has 3 aromatic rings. The summed E-state index contributed by atoms with van der Waals surface area (Å²) in [6.45, 7) is 0. The number of urea groups is 1. The van der Waals surface area contributed by atoms with E-state index in [1.807, 2.05) is 12.1 Å². The number of amides is 3. The van der Waals surface area contributed by atoms with Crippen molar-refractivity contribution in [3.8, 4) is 0 Å². The Labute approximate surface area is 153 Å². The molecule has 130 valence electrons. The van der Waals surface area contributed by atoms with Crippen molar-refractivity contribution in [2.45, 2.75) is 0 Å². The van der Waals surface area contributed by atoms with Crippen molar-refractivity contribution in [2.75, 3.05) is 12.4 Å². The van der Waals surface area contributed by atoms with Crippen LogP contribution in [0.5, 0.6) is 0 Å². The molecule has 4 rings (SSSR count). The maximum absolute atomic E-state index is 11.9. The predicted octanol–water partition coefficient (Wildman–Crippen LogP) is 2.65. The first kappa shape index (κ1) is 16.1. The molecular formula is C17H13ClN6O2. The maximum atomic E-state index is 11.9. The SMILES string of the molecule is CN1C(=O)NC(=O)C1=Cc1cnn2ccc(Nc3cccc(Cl)c3)nc12. The molecule has 0 radical (unpaired) electrons. The average molecular weight is 369 g/mol. The Hall–Kier alpha value is -3.39. The number of nitrogens with one attached hydrogen (secondary N) is 2. The third-order valence-electron chi connectivity index (χ3n) is 3.90. The summed E-state index contributed by atoms with van der Waals surface area (Å²) in [6, 6.07) is 8.60. The number of aromatic nitrogens is 3. The molecule has 1 aliphatic heterocycles. The number of imide groups is 1. The van der Waals surface area contributed by atoms with Crippen molar-refractivity contribution >= 4 is 46.8 Å². The lowest BCUT2D eigenvalue weighted by Gasteiger charge is -2.07. The van der Waals surface area contributed by atoms with E-state index in [0.717, 1.165) is 5.69 Å². The van der Waals surface area contributed by atoms with E-state index >= 15 is 0 Å². The van der Waals surface area contributed by atoms with Crippen LogP contribution in [0.25, 0.3) is 11.7 Å². The minimum Gasteiger partial charge on any atom is -0.340 e. The maximum Gasteiger partial charge on any atom is 0.328 e. The first-order valence-electron chi connectivity index (χ1n) is 7.69. The van der Waals surface area contributed by atoms with Crippen LogP contribution in [0.1, 0.15) is 5.56 Å². The number of hydrogen-bond acceptors (Lipinski definition) is 5. The zero-order valence-electron chi connectivity index (χ0n) is 13.6. The van der Waals surface area contributed by atoms with Crippen LogP contribution >= 0.6 is 11.6 Å². The van der Waals surface area contributed by atoms with Gasteiger partial charge in [-0.15, -0.1) is 0 Å². The van der Waals surface area contributed by atoms with Crippen LogP contribution in [-0.2, 0) is 4.79 Å². The van der Waals surface area contributed by atoms with Crippen LogP contribution in [0.2, 0.25) is 5.02 Å². The summed E-state index contributed by atoms with van der Waals surface area (Å²) in [5.41, 5.74) is 2.20. The number of carbonyl (C=O) groups excluding carboxylic acids is 2. The fraction of sp³-hybridized carbons (Fsp3) is 0.0588. The number of nitrogens with zero attached hydrogens (tertiary/aromatic N) is 4. The fourth-order valence-corrected chi connectivity index (χ4v) is 2.78. The first-order valence-corrected chi connectivity index (χ1v) is 8.07. The first-order chi connectivity index (χ1) is 12.5. The number of likely N-dealkylation sites (N-methyl/N-ethyl adjacent to an activating group) is 1. The Bertz CT molecular complexity index is 1070. The molecule has 0 aliphatic carbocycles. The highest BCUT2D eigenvalue weighted by Crippen LogP contribution is 2.22. The largest absolute Gasteiger partial charge is 0.340 e. The zero-order valence-corrected chi connectivity index (χ0v) is 14.4. The molecule has 1 saturated heterocycles. The summed E-state index contributed by atoms with van der Waals surface area (Å²) in [5, 5.41) is 10.2. The molecule has 0 saturated carbocycles. The third kappa shape index (κ3) is 2.86. The molecule has 2 N–H and O–H groups in total. The van der Waals surface area contributed by atoms with Gasteiger partial charge in [0.25, 0.3) is 5.91 Å². The van der Waals surface area contributed by atoms with E-state index in [1.54, 1.807) is 41.2 Å². The monoisotopic (exact) mass is 368 g/mol. The lowest BCUT2D eigenvalue weighted by atomic mass is 10.2. The van der Waals surface area contributed by atoms with Gasteiger partial charge >= 0.3 is 6.03 Å². The number of halogens is 1. The lowest BCUT2D eigenvalue weighted by molar-refractivity contribution is -0.115. The minimum absolute atomic E-state index is 0.236. The Kier molecular flexibility index (Phi) is 3.81. The summed E-state index contributed by atoms with van der Waals surface area (Å²) in [5.74, 6) is 0.144. The number of hydrogen-bond donors (Lipinski definition) is 2. The number of benzene rings is 1. The van der Waals surface area contributed by atoms with Gasteiger partial charge in [-0.1, -0.05) is 17.7 Å². The number of rotatable bonds is 3. The second-order valence-corrected chi connectivity index (χ2v) is 6.10. The van der Waals surface area contributed by atoms with Gasteiger partial charge in [-0.25, -0.2) is 14.3 Å². The van der Waals surface area contributed by atoms with E-state index < -0.39 is 11.9 Å². The van der Waals surface area contributed by atoms with Gasteiger partial charge in [0.2, 0.25) is 0 Å². The zero-order chi connectivity index (χ0) is 18.3. The predicted molar refractivity (Wildman–Crippen MR) is 97.0 cm³/mol. The summed E-state index contributed by atoms with van der Waals surface area (Å²) >= 11 is 6.00. The van der Waals surface area contributed by atoms with E-state index in [9.17, 15) is 9.59 Å². The van der Waals surface area contributed by atoms with Crippen molar-refractivity contribution in [1.29, 1.82) is 0 Å². The number of anilines is 2. The van der Waals surface area contributed by atoms with Crippen LogP contribution in [0.3, 0.4) is 0 Å². The van der Waals surface area contributed by atoms with Gasteiger partial charge in [0.05, 0.1) is 6.20 Å². The van der Waals surface area contributed by atoms with Crippen LogP contribution in [0, 0.1) is 0 Å². The minimum atomic E-state index is -0.464. The van der Waals surface area contributed by atoms with E-state index in [0.29, 0.717) is 22.1 Å². The van der Waals surface area contributed by atoms with E-state index in [4.69, 9.17) is 11.6 Å². The van der Waals surface area contributed by atoms with Gasteiger partial charge in [0.1, 0.15) is 11.5 Å². The van der Waals surface area contributed by atoms with Gasteiger partial charge in [-0.2, -0.15) is 5.10 Å². The van der Waals surface area contributed by atoms with Gasteiger partial charge in [-0.05, 0) is 30.3 Å². The molecule has 3 heterocycles. The van der Waals surface area contributed by atoms with Crippen LogP contribution in [0.4, 0.5) is 16.3 Å². The second kappa shape index (κ2) is 6.16. The summed E-state index contributed by atoms with van der Waals surface area (Å²) in [7, 11) is 1.53. The average Bonchev–Trinajstić information content (AvgIpc) is 3.11. The van der Waals surface area contributed by atoms with Crippen molar-refractivity contribution in [1.82, 2.24) is 24.8 Å². The second-order valence-electron chi connectivity index (χ2n) is 5.66. The van der Waals surface area contributed by atoms with E-state index in [-0.39, 0.29) is 5.70 Å². The Balaban J connectivity index is 1.71. The standard InChI is InChI=1S/C17H13ClN6O2/c1-23-13(16(25)22-17(23)26)7-10-9-19-24-6-5-14(21-15(10)24)20-12-4-2-3-11(18)8-12/h2-9H,1H3,(H,20,21)(H,22,25,26). The molecule has 3 amide bonds. The lowest BCUT2D eigenvalue weighted by Crippen LogP contribution is -2.24. The van der Waals surface area contributed by atoms with Crippen LogP contribution < -0.4 is 10.6 Å². The molecule has 8 nitrogen and oxygen atoms in total. The van der Waals surface area contributed by atoms with E-state index in [1.165, 1.54) is 11.9 Å². The molecule has 0 atom stereocenters. The number of carbonyl (C=O) groups is 2. The Morgan fingerprint density at radius 1 is 1.27 bits per heavy atom. The molecule has 2 aromatic heterocycles. The highest BCUT2D eigenvalue weighted by Gasteiger charge is 2.30. The summed E-state index contributed by atoms with van der Waals surface area (Å²) < 4.78 is 1.59. The van der Waals surface area contributed by atoms with Crippen molar-refractivity contribution < 1.29 is 9.59 Å². The summed E-state index contributed by atoms with van der Waals surface area (Å²) in [4.78, 5) is 29.2. The smallest absolute Gasteiger partial charge is 0.328 e. The number of fused-ring (bicyclic) bond motifs is 1. The van der Waals surface area contributed by atoms with Crippen LogP contribution in [0.15, 0.2) is 48.4 Å². The molecule has 1 aliphatic rings. The Morgan fingerprint density at radius 2 is 2.12 bits per heavy atom. The molecular weight excluding hydrogens is 356 g/mol. The third-order valence-corrected chi connectivity index (χ3v) is 4.14. The fourth-order valence-electron chi connectivity index (χ4n) is 2.59. The Morgan fingerprint density at radius 3 is 2.85 bits per heavy atom. The van der Waals surface area contributed by atoms with Gasteiger partial charge < -0.3 is 5.32 Å². The van der Waals surface area contributed by atoms with Gasteiger partial charge in [0.15, 0.2) is 5.65 Å². The molecule has 0 spiro atoms. The summed E-state index contributed by atoms with van der Waals surface area (Å²) in [6.07, 6.45) is 4.92. The molecule has 1 fully saturated rings. The highest BCUT2D eigenvalue weighted by molar-refractivity contribution is 6.30. The molecule has 0 unspecified atom stereocenters. The van der Waals surface area contributed by atoms with Crippen LogP contribution in [-0.4, -0.2) is 38.5 Å².